The lowest BCUT2D eigenvalue weighted by molar-refractivity contribution is -0.200. The lowest BCUT2D eigenvalue weighted by atomic mass is 10.2. The van der Waals surface area contributed by atoms with E-state index in [0.717, 1.165) is 8.95 Å². The molecule has 2 unspecified atom stereocenters. The van der Waals surface area contributed by atoms with Crippen molar-refractivity contribution in [2.24, 2.45) is 0 Å². The summed E-state index contributed by atoms with van der Waals surface area (Å²) in [6.45, 7) is 0. The van der Waals surface area contributed by atoms with Crippen molar-refractivity contribution in [2.75, 3.05) is 0 Å². The van der Waals surface area contributed by atoms with Crippen molar-refractivity contribution in [1.29, 1.82) is 0 Å². The predicted molar refractivity (Wildman–Crippen MR) is 114 cm³/mol. The second-order valence-electron chi connectivity index (χ2n) is 6.24. The van der Waals surface area contributed by atoms with E-state index in [9.17, 15) is 9.59 Å². The van der Waals surface area contributed by atoms with Crippen molar-refractivity contribution in [3.8, 4) is 11.5 Å². The smallest absolute Gasteiger partial charge is 0.341 e. The van der Waals surface area contributed by atoms with Crippen molar-refractivity contribution in [2.45, 2.75) is 12.6 Å². The van der Waals surface area contributed by atoms with Crippen molar-refractivity contribution in [1.82, 2.24) is 0 Å². The van der Waals surface area contributed by atoms with E-state index in [0.29, 0.717) is 22.6 Å². The molecule has 152 valence electrons. The number of carbonyl (C=O) groups excluding carboxylic acids is 2. The summed E-state index contributed by atoms with van der Waals surface area (Å²) in [7, 11) is 0. The summed E-state index contributed by atoms with van der Waals surface area (Å²) in [6, 6.07) is 20.1. The number of rotatable bonds is 4. The largest absolute Gasteiger partial charge is 0.444 e. The third kappa shape index (κ3) is 4.66. The average Bonchev–Trinajstić information content (AvgIpc) is 2.75. The van der Waals surface area contributed by atoms with Crippen LogP contribution in [0.15, 0.2) is 81.7 Å². The highest BCUT2D eigenvalue weighted by molar-refractivity contribution is 9.10. The van der Waals surface area contributed by atoms with E-state index in [1.807, 2.05) is 0 Å². The van der Waals surface area contributed by atoms with E-state index < -0.39 is 24.5 Å². The number of halogens is 2. The molecular formula is C22H14Br2O6. The molecule has 4 rings (SSSR count). The van der Waals surface area contributed by atoms with Crippen molar-refractivity contribution in [3.63, 3.8) is 0 Å². The van der Waals surface area contributed by atoms with Crippen LogP contribution in [0.3, 0.4) is 0 Å². The molecule has 0 aliphatic carbocycles. The number of carbonyl (C=O) groups is 2. The Hall–Kier alpha value is -2.84. The van der Waals surface area contributed by atoms with Crippen LogP contribution in [-0.4, -0.2) is 24.5 Å². The summed E-state index contributed by atoms with van der Waals surface area (Å²) in [4.78, 5) is 25.1. The summed E-state index contributed by atoms with van der Waals surface area (Å²) >= 11 is 6.63. The van der Waals surface area contributed by atoms with Crippen LogP contribution in [0.5, 0.6) is 11.5 Å². The number of hydrogen-bond donors (Lipinski definition) is 0. The predicted octanol–water partition coefficient (Wildman–Crippen LogP) is 5.35. The first-order chi connectivity index (χ1) is 14.5. The van der Waals surface area contributed by atoms with Gasteiger partial charge in [-0.25, -0.2) is 9.59 Å². The van der Waals surface area contributed by atoms with Gasteiger partial charge in [0.1, 0.15) is 0 Å². The Morgan fingerprint density at radius 2 is 1.00 bits per heavy atom. The minimum atomic E-state index is -1.28. The first-order valence-electron chi connectivity index (χ1n) is 8.85. The Balaban J connectivity index is 1.55. The van der Waals surface area contributed by atoms with Crippen LogP contribution in [-0.2, 0) is 9.47 Å². The van der Waals surface area contributed by atoms with Gasteiger partial charge < -0.3 is 18.9 Å². The van der Waals surface area contributed by atoms with Crippen LogP contribution in [0.25, 0.3) is 0 Å². The highest BCUT2D eigenvalue weighted by Gasteiger charge is 2.38. The van der Waals surface area contributed by atoms with Gasteiger partial charge in [0, 0.05) is 8.95 Å². The minimum absolute atomic E-state index is 0.318. The Labute approximate surface area is 189 Å². The molecule has 0 aromatic heterocycles. The van der Waals surface area contributed by atoms with Gasteiger partial charge in [0.05, 0.1) is 11.1 Å². The lowest BCUT2D eigenvalue weighted by Crippen LogP contribution is -2.45. The van der Waals surface area contributed by atoms with Crippen molar-refractivity contribution in [3.05, 3.63) is 92.9 Å². The molecule has 0 amide bonds. The van der Waals surface area contributed by atoms with Gasteiger partial charge in [-0.1, -0.05) is 44.0 Å². The molecular weight excluding hydrogens is 520 g/mol. The molecule has 0 bridgehead atoms. The monoisotopic (exact) mass is 532 g/mol. The quantitative estimate of drug-likeness (QED) is 0.421. The molecule has 8 heteroatoms. The van der Waals surface area contributed by atoms with Crippen LogP contribution < -0.4 is 9.47 Å². The Morgan fingerprint density at radius 3 is 1.37 bits per heavy atom. The Morgan fingerprint density at radius 1 is 0.633 bits per heavy atom. The van der Waals surface area contributed by atoms with E-state index in [2.05, 4.69) is 31.9 Å². The molecule has 0 fully saturated rings. The van der Waals surface area contributed by atoms with Crippen molar-refractivity contribution >= 4 is 43.8 Å². The summed E-state index contributed by atoms with van der Waals surface area (Å²) < 4.78 is 24.1. The van der Waals surface area contributed by atoms with Gasteiger partial charge in [-0.2, -0.15) is 0 Å². The standard InChI is InChI=1S/C22H14Br2O6/c23-15-9-5-13(6-10-15)19(25)29-21-22(28-18-4-2-1-3-17(18)27-21)30-20(26)14-7-11-16(24)12-8-14/h1-12,21-22H. The summed E-state index contributed by atoms with van der Waals surface area (Å²) in [6.07, 6.45) is -2.56. The van der Waals surface area contributed by atoms with Crippen LogP contribution in [0.1, 0.15) is 20.7 Å². The maximum atomic E-state index is 12.6. The molecule has 2 atom stereocenters. The van der Waals surface area contributed by atoms with Gasteiger partial charge in [-0.05, 0) is 60.7 Å². The van der Waals surface area contributed by atoms with Crippen molar-refractivity contribution < 1.29 is 28.5 Å². The van der Waals surface area contributed by atoms with E-state index in [4.69, 9.17) is 18.9 Å². The first-order valence-corrected chi connectivity index (χ1v) is 10.4. The molecule has 3 aromatic rings. The molecule has 0 radical (unpaired) electrons. The second-order valence-corrected chi connectivity index (χ2v) is 8.07. The molecule has 6 nitrogen and oxygen atoms in total. The van der Waals surface area contributed by atoms with Crippen LogP contribution in [0.2, 0.25) is 0 Å². The van der Waals surface area contributed by atoms with Gasteiger partial charge in [0.25, 0.3) is 0 Å². The molecule has 0 N–H and O–H groups in total. The number of hydrogen-bond acceptors (Lipinski definition) is 6. The zero-order valence-electron chi connectivity index (χ0n) is 15.3. The summed E-state index contributed by atoms with van der Waals surface area (Å²) in [5.74, 6) is -0.524. The fourth-order valence-electron chi connectivity index (χ4n) is 2.68. The molecule has 0 saturated carbocycles. The van der Waals surface area contributed by atoms with E-state index in [1.54, 1.807) is 72.8 Å². The Bertz CT molecular complexity index is 979. The van der Waals surface area contributed by atoms with Gasteiger partial charge in [0.2, 0.25) is 0 Å². The zero-order valence-corrected chi connectivity index (χ0v) is 18.5. The Kier molecular flexibility index (Phi) is 6.06. The maximum Gasteiger partial charge on any atom is 0.341 e. The number of benzene rings is 3. The third-order valence-electron chi connectivity index (χ3n) is 4.16. The minimum Gasteiger partial charge on any atom is -0.444 e. The summed E-state index contributed by atoms with van der Waals surface area (Å²) in [5, 5.41) is 0. The molecule has 0 saturated heterocycles. The first kappa shape index (κ1) is 20.4. The molecule has 0 spiro atoms. The zero-order chi connectivity index (χ0) is 21.1. The fraction of sp³-hybridized carbons (Fsp3) is 0.0909. The van der Waals surface area contributed by atoms with Gasteiger partial charge in [-0.15, -0.1) is 0 Å². The number of para-hydroxylation sites is 2. The molecule has 3 aromatic carbocycles. The number of ether oxygens (including phenoxy) is 4. The SMILES string of the molecule is O=C(OC1Oc2ccccc2OC1OC(=O)c1ccc(Br)cc1)c1ccc(Br)cc1. The fourth-order valence-corrected chi connectivity index (χ4v) is 3.21. The molecule has 30 heavy (non-hydrogen) atoms. The number of esters is 2. The van der Waals surface area contributed by atoms with Gasteiger partial charge >= 0.3 is 24.5 Å². The maximum absolute atomic E-state index is 12.6. The second kappa shape index (κ2) is 8.89. The third-order valence-corrected chi connectivity index (χ3v) is 5.22. The molecule has 1 heterocycles. The van der Waals surface area contributed by atoms with E-state index in [1.165, 1.54) is 0 Å². The van der Waals surface area contributed by atoms with E-state index >= 15 is 0 Å². The highest BCUT2D eigenvalue weighted by atomic mass is 79.9. The summed E-state index contributed by atoms with van der Waals surface area (Å²) in [5.41, 5.74) is 0.636. The van der Waals surface area contributed by atoms with E-state index in [-0.39, 0.29) is 0 Å². The van der Waals surface area contributed by atoms with Gasteiger partial charge in [0.15, 0.2) is 11.5 Å². The normalized spacial score (nSPS) is 17.1. The van der Waals surface area contributed by atoms with Crippen LogP contribution in [0, 0.1) is 0 Å². The average molecular weight is 534 g/mol. The molecule has 1 aliphatic rings. The topological polar surface area (TPSA) is 71.1 Å². The lowest BCUT2D eigenvalue weighted by Gasteiger charge is -2.32. The van der Waals surface area contributed by atoms with Gasteiger partial charge in [-0.3, -0.25) is 0 Å². The number of fused-ring (bicyclic) bond motifs is 1. The van der Waals surface area contributed by atoms with Crippen LogP contribution >= 0.6 is 31.9 Å². The molecule has 1 aliphatic heterocycles. The van der Waals surface area contributed by atoms with Crippen LogP contribution in [0.4, 0.5) is 0 Å². The highest BCUT2D eigenvalue weighted by Crippen LogP contribution is 2.34.